The highest BCUT2D eigenvalue weighted by atomic mass is 19.4. The molecule has 3 N–H and O–H groups in total. The second-order valence-corrected chi connectivity index (χ2v) is 7.28. The Morgan fingerprint density at radius 2 is 1.67 bits per heavy atom. The van der Waals surface area contributed by atoms with E-state index in [4.69, 9.17) is 0 Å². The Morgan fingerprint density at radius 1 is 0.939 bits per heavy atom. The second-order valence-electron chi connectivity index (χ2n) is 7.28. The van der Waals surface area contributed by atoms with Crippen molar-refractivity contribution in [1.82, 2.24) is 20.7 Å². The number of rotatable bonds is 7. The molecule has 0 aliphatic carbocycles. The Hall–Kier alpha value is -3.85. The van der Waals surface area contributed by atoms with Gasteiger partial charge in [-0.2, -0.15) is 13.2 Å². The molecule has 0 radical (unpaired) electrons. The Labute approximate surface area is 189 Å². The quantitative estimate of drug-likeness (QED) is 0.508. The molecule has 3 aromatic rings. The number of nitrogens with zero attached hydrogens (tertiary/aromatic N) is 3. The highest BCUT2D eigenvalue weighted by Crippen LogP contribution is 2.32. The van der Waals surface area contributed by atoms with Crippen LogP contribution in [0.25, 0.3) is 5.70 Å². The number of nitrogens with one attached hydrogen (secondary N) is 2. The molecule has 33 heavy (non-hydrogen) atoms. The highest BCUT2D eigenvalue weighted by Gasteiger charge is 2.31. The maximum absolute atomic E-state index is 13.1. The van der Waals surface area contributed by atoms with Gasteiger partial charge >= 0.3 is 6.18 Å². The minimum atomic E-state index is -4.43. The van der Waals surface area contributed by atoms with Gasteiger partial charge in [0, 0.05) is 18.3 Å². The van der Waals surface area contributed by atoms with Crippen LogP contribution in [0.2, 0.25) is 0 Å². The number of aliphatic imine (C=N–C) groups is 1. The number of aliphatic hydroxyl groups is 1. The van der Waals surface area contributed by atoms with E-state index in [9.17, 15) is 18.3 Å². The van der Waals surface area contributed by atoms with Crippen LogP contribution in [0.5, 0.6) is 0 Å². The summed E-state index contributed by atoms with van der Waals surface area (Å²) in [6.45, 7) is 0.495. The van der Waals surface area contributed by atoms with Crippen LogP contribution in [-0.2, 0) is 12.7 Å². The van der Waals surface area contributed by atoms with Gasteiger partial charge < -0.3 is 10.4 Å². The molecule has 6 nitrogen and oxygen atoms in total. The van der Waals surface area contributed by atoms with E-state index in [1.165, 1.54) is 12.1 Å². The number of hydrogen-bond donors (Lipinski definition) is 3. The van der Waals surface area contributed by atoms with Crippen molar-refractivity contribution in [3.8, 4) is 0 Å². The fraction of sp³-hybridized carbons (Fsp3) is 0.167. The molecule has 0 atom stereocenters. The number of pyridine rings is 1. The Kier molecular flexibility index (Phi) is 6.60. The first-order valence-corrected chi connectivity index (χ1v) is 10.3. The third kappa shape index (κ3) is 5.32. The molecule has 0 saturated carbocycles. The predicted octanol–water partition coefficient (Wildman–Crippen LogP) is 3.78. The molecule has 1 aliphatic rings. The van der Waals surface area contributed by atoms with Crippen LogP contribution in [0.15, 0.2) is 89.8 Å². The molecule has 0 bridgehead atoms. The topological polar surface area (TPSA) is 72.8 Å². The molecule has 0 spiro atoms. The third-order valence-corrected chi connectivity index (χ3v) is 4.94. The molecular formula is C24H22F3N5O. The van der Waals surface area contributed by atoms with Gasteiger partial charge in [0.2, 0.25) is 0 Å². The summed E-state index contributed by atoms with van der Waals surface area (Å²) < 4.78 is 39.3. The lowest BCUT2D eigenvalue weighted by Gasteiger charge is -2.34. The predicted molar refractivity (Wildman–Crippen MR) is 119 cm³/mol. The van der Waals surface area contributed by atoms with Crippen molar-refractivity contribution in [2.45, 2.75) is 12.7 Å². The lowest BCUT2D eigenvalue weighted by Crippen LogP contribution is -2.45. The fourth-order valence-electron chi connectivity index (χ4n) is 3.41. The first-order chi connectivity index (χ1) is 16.0. The maximum Gasteiger partial charge on any atom is 0.416 e. The van der Waals surface area contributed by atoms with Gasteiger partial charge in [0.25, 0.3) is 0 Å². The minimum absolute atomic E-state index is 0.135. The van der Waals surface area contributed by atoms with Gasteiger partial charge in [-0.15, -0.1) is 0 Å². The molecule has 2 aromatic carbocycles. The molecule has 0 unspecified atom stereocenters. The van der Waals surface area contributed by atoms with E-state index in [1.54, 1.807) is 18.3 Å². The van der Waals surface area contributed by atoms with Crippen molar-refractivity contribution >= 4 is 11.5 Å². The van der Waals surface area contributed by atoms with E-state index >= 15 is 0 Å². The average molecular weight is 453 g/mol. The van der Waals surface area contributed by atoms with E-state index in [-0.39, 0.29) is 13.2 Å². The standard InChI is InChI=1S/C24H22F3N5O/c25-24(26,27)19-11-9-18(10-12-19)21-23(29-14-15-33)30-22(20-8-4-5-13-28-20)31-32(21)16-17-6-2-1-3-7-17/h1-13,29,33H,14-16H2,(H,30,31). The van der Waals surface area contributed by atoms with Gasteiger partial charge in [-0.1, -0.05) is 48.5 Å². The van der Waals surface area contributed by atoms with Crippen LogP contribution in [0, 0.1) is 0 Å². The molecule has 2 heterocycles. The number of hydrogen-bond acceptors (Lipinski definition) is 6. The molecule has 0 fully saturated rings. The van der Waals surface area contributed by atoms with Crippen molar-refractivity contribution in [3.63, 3.8) is 0 Å². The number of halogens is 3. The molecular weight excluding hydrogens is 431 g/mol. The van der Waals surface area contributed by atoms with Crippen molar-refractivity contribution in [2.24, 2.45) is 4.99 Å². The number of alkyl halides is 3. The molecule has 0 amide bonds. The summed E-state index contributed by atoms with van der Waals surface area (Å²) in [6.07, 6.45) is -2.78. The zero-order valence-electron chi connectivity index (χ0n) is 17.5. The Balaban J connectivity index is 1.81. The largest absolute Gasteiger partial charge is 0.416 e. The summed E-state index contributed by atoms with van der Waals surface area (Å²) in [5.74, 6) is 0.891. The lowest BCUT2D eigenvalue weighted by molar-refractivity contribution is -0.137. The van der Waals surface area contributed by atoms with Crippen LogP contribution in [0.3, 0.4) is 0 Å². The summed E-state index contributed by atoms with van der Waals surface area (Å²) in [4.78, 5) is 9.00. The van der Waals surface area contributed by atoms with Crippen molar-refractivity contribution < 1.29 is 18.3 Å². The first-order valence-electron chi connectivity index (χ1n) is 10.3. The summed E-state index contributed by atoms with van der Waals surface area (Å²) in [6, 6.07) is 20.0. The highest BCUT2D eigenvalue weighted by molar-refractivity contribution is 5.99. The molecule has 4 rings (SSSR count). The smallest absolute Gasteiger partial charge is 0.395 e. The van der Waals surface area contributed by atoms with Crippen molar-refractivity contribution in [3.05, 3.63) is 107 Å². The SMILES string of the molecule is OCCNC1=C(c2ccc(C(F)(F)F)cc2)N(Cc2ccccc2)NC(c2ccccn2)=N1. The van der Waals surface area contributed by atoms with Gasteiger partial charge in [-0.25, -0.2) is 4.99 Å². The summed E-state index contributed by atoms with van der Waals surface area (Å²) in [7, 11) is 0. The van der Waals surface area contributed by atoms with Crippen molar-refractivity contribution in [1.29, 1.82) is 0 Å². The molecule has 1 aliphatic heterocycles. The molecule has 170 valence electrons. The maximum atomic E-state index is 13.1. The molecule has 9 heteroatoms. The van der Waals surface area contributed by atoms with E-state index in [0.717, 1.165) is 17.7 Å². The van der Waals surface area contributed by atoms with Gasteiger partial charge in [0.05, 0.1) is 18.7 Å². The third-order valence-electron chi connectivity index (χ3n) is 4.94. The summed E-state index contributed by atoms with van der Waals surface area (Å²) in [5, 5.41) is 14.3. The molecule has 0 saturated heterocycles. The van der Waals surface area contributed by atoms with Gasteiger partial charge in [-0.05, 0) is 29.8 Å². The summed E-state index contributed by atoms with van der Waals surface area (Å²) in [5.41, 5.74) is 5.21. The lowest BCUT2D eigenvalue weighted by atomic mass is 10.1. The van der Waals surface area contributed by atoms with Gasteiger partial charge in [0.1, 0.15) is 11.4 Å². The number of hydrazine groups is 1. The van der Waals surface area contributed by atoms with E-state index in [0.29, 0.717) is 35.2 Å². The van der Waals surface area contributed by atoms with Crippen LogP contribution in [0.4, 0.5) is 13.2 Å². The zero-order chi connectivity index (χ0) is 23.3. The van der Waals surface area contributed by atoms with Crippen LogP contribution < -0.4 is 10.7 Å². The van der Waals surface area contributed by atoms with Crippen LogP contribution in [-0.4, -0.2) is 34.1 Å². The fourth-order valence-corrected chi connectivity index (χ4v) is 3.41. The number of benzene rings is 2. The van der Waals surface area contributed by atoms with Crippen LogP contribution in [0.1, 0.15) is 22.4 Å². The number of aromatic nitrogens is 1. The first kappa shape index (κ1) is 22.3. The monoisotopic (exact) mass is 453 g/mol. The number of amidine groups is 1. The number of aliphatic hydroxyl groups excluding tert-OH is 1. The van der Waals surface area contributed by atoms with Gasteiger partial charge in [-0.3, -0.25) is 15.4 Å². The zero-order valence-corrected chi connectivity index (χ0v) is 17.5. The minimum Gasteiger partial charge on any atom is -0.395 e. The van der Waals surface area contributed by atoms with Crippen molar-refractivity contribution in [2.75, 3.05) is 13.2 Å². The van der Waals surface area contributed by atoms with E-state index < -0.39 is 11.7 Å². The van der Waals surface area contributed by atoms with E-state index in [1.807, 2.05) is 41.4 Å². The normalized spacial score (nSPS) is 14.1. The van der Waals surface area contributed by atoms with E-state index in [2.05, 4.69) is 20.7 Å². The molecule has 1 aromatic heterocycles. The average Bonchev–Trinajstić information content (AvgIpc) is 2.83. The Bertz CT molecular complexity index is 1130. The van der Waals surface area contributed by atoms with Gasteiger partial charge in [0.15, 0.2) is 11.7 Å². The van der Waals surface area contributed by atoms with Crippen LogP contribution >= 0.6 is 0 Å². The summed E-state index contributed by atoms with van der Waals surface area (Å²) >= 11 is 0. The second kappa shape index (κ2) is 9.74. The Morgan fingerprint density at radius 3 is 2.30 bits per heavy atom.